The standard InChI is InChI=1S/C39H41N3O12S/c1-15-30(45)19-10-21-37(47)42-22-12-51-38(48)39(20-11-24(49-5)23(44)9-18(20)7-8-40-39)13-55-36(29(42)28(41(21)4)25(19)31(46)33(15)50-6)27-26(22)35-34(52-14-53-35)16(2)32(27)54-17(3)43/h9,11,21-22,36-37,40,44-47H,7-8,10,12-14H2,1-6H3/t21-,22-,36+,37-,39+/m0/s1. The molecular weight excluding hydrogens is 735 g/mol. The largest absolute Gasteiger partial charge is 0.507 e. The van der Waals surface area contributed by atoms with Crippen molar-refractivity contribution in [3.8, 4) is 46.0 Å². The van der Waals surface area contributed by atoms with Gasteiger partial charge in [-0.3, -0.25) is 10.1 Å². The molecule has 4 bridgehead atoms. The van der Waals surface area contributed by atoms with Crippen LogP contribution < -0.4 is 29.0 Å². The van der Waals surface area contributed by atoms with Crippen molar-refractivity contribution in [1.82, 2.24) is 15.1 Å². The second kappa shape index (κ2) is 12.4. The molecule has 0 unspecified atom stereocenters. The zero-order chi connectivity index (χ0) is 38.8. The van der Waals surface area contributed by atoms with Crippen LogP contribution in [-0.2, 0) is 32.7 Å². The van der Waals surface area contributed by atoms with E-state index in [2.05, 4.69) is 5.32 Å². The molecule has 290 valence electrons. The molecule has 0 amide bonds. The smallest absolute Gasteiger partial charge is 0.331 e. The summed E-state index contributed by atoms with van der Waals surface area (Å²) in [6.07, 6.45) is -0.514. The van der Waals surface area contributed by atoms with Crippen molar-refractivity contribution < 1.29 is 58.4 Å². The van der Waals surface area contributed by atoms with Gasteiger partial charge < -0.3 is 58.6 Å². The van der Waals surface area contributed by atoms with Gasteiger partial charge in [0.25, 0.3) is 0 Å². The number of benzene rings is 3. The lowest BCUT2D eigenvalue weighted by Crippen LogP contribution is -2.61. The van der Waals surface area contributed by atoms with Gasteiger partial charge in [-0.15, -0.1) is 11.8 Å². The summed E-state index contributed by atoms with van der Waals surface area (Å²) in [7, 11) is 4.69. The number of nitrogens with one attached hydrogen (secondary N) is 1. The fraction of sp³-hybridized carbons (Fsp3) is 0.436. The van der Waals surface area contributed by atoms with Gasteiger partial charge in [0.1, 0.15) is 24.3 Å². The Hall–Kier alpha value is -5.19. The molecule has 0 aromatic heterocycles. The minimum atomic E-state index is -1.42. The average Bonchev–Trinajstić information content (AvgIpc) is 3.65. The Morgan fingerprint density at radius 3 is 2.51 bits per heavy atom. The summed E-state index contributed by atoms with van der Waals surface area (Å²) in [6, 6.07) is 1.75. The maximum absolute atomic E-state index is 14.7. The van der Waals surface area contributed by atoms with Crippen molar-refractivity contribution in [3.63, 3.8) is 0 Å². The van der Waals surface area contributed by atoms with E-state index >= 15 is 0 Å². The number of nitrogens with zero attached hydrogens (tertiary/aromatic N) is 2. The van der Waals surface area contributed by atoms with Crippen LogP contribution >= 0.6 is 11.8 Å². The molecule has 0 aliphatic carbocycles. The van der Waals surface area contributed by atoms with E-state index in [4.69, 9.17) is 28.4 Å². The van der Waals surface area contributed by atoms with E-state index in [1.807, 2.05) is 16.8 Å². The molecule has 0 radical (unpaired) electrons. The number of hydrogen-bond donors (Lipinski definition) is 5. The van der Waals surface area contributed by atoms with Crippen LogP contribution in [0.15, 0.2) is 17.8 Å². The summed E-state index contributed by atoms with van der Waals surface area (Å²) in [5.41, 5.74) is 3.76. The van der Waals surface area contributed by atoms with Crippen molar-refractivity contribution in [2.75, 3.05) is 47.0 Å². The van der Waals surface area contributed by atoms with Crippen LogP contribution in [0.3, 0.4) is 0 Å². The van der Waals surface area contributed by atoms with E-state index in [1.54, 1.807) is 26.0 Å². The quantitative estimate of drug-likeness (QED) is 0.148. The molecule has 7 heterocycles. The summed E-state index contributed by atoms with van der Waals surface area (Å²) < 4.78 is 35.7. The zero-order valence-electron chi connectivity index (χ0n) is 31.1. The first-order valence-electron chi connectivity index (χ1n) is 18.0. The highest BCUT2D eigenvalue weighted by molar-refractivity contribution is 7.99. The van der Waals surface area contributed by atoms with Crippen LogP contribution in [0.25, 0.3) is 5.70 Å². The molecule has 5 atom stereocenters. The van der Waals surface area contributed by atoms with Gasteiger partial charge in [0, 0.05) is 60.5 Å². The Labute approximate surface area is 320 Å². The van der Waals surface area contributed by atoms with Crippen molar-refractivity contribution in [3.05, 3.63) is 62.3 Å². The van der Waals surface area contributed by atoms with Crippen LogP contribution in [-0.4, -0.2) is 101 Å². The van der Waals surface area contributed by atoms with Crippen LogP contribution in [0.1, 0.15) is 62.7 Å². The minimum Gasteiger partial charge on any atom is -0.507 e. The van der Waals surface area contributed by atoms with Gasteiger partial charge in [-0.2, -0.15) is 0 Å². The number of esters is 2. The lowest BCUT2D eigenvalue weighted by atomic mass is 9.78. The maximum atomic E-state index is 14.7. The fourth-order valence-corrected chi connectivity index (χ4v) is 11.1. The first kappa shape index (κ1) is 35.5. The molecular formula is C39H41N3O12S. The number of carbonyl (C=O) groups excluding carboxylic acids is 2. The van der Waals surface area contributed by atoms with Gasteiger partial charge >= 0.3 is 11.9 Å². The molecule has 1 fully saturated rings. The number of hydrogen-bond acceptors (Lipinski definition) is 16. The highest BCUT2D eigenvalue weighted by Crippen LogP contribution is 2.65. The number of phenols is 3. The average molecular weight is 776 g/mol. The number of methoxy groups -OCH3 is 2. The molecule has 7 aliphatic heterocycles. The van der Waals surface area contributed by atoms with Crippen molar-refractivity contribution >= 4 is 29.4 Å². The van der Waals surface area contributed by atoms with Gasteiger partial charge in [0.15, 0.2) is 40.0 Å². The number of ether oxygens (including phenoxy) is 6. The summed E-state index contributed by atoms with van der Waals surface area (Å²) in [5, 5.41) is 49.5. The minimum absolute atomic E-state index is 0.0486. The lowest BCUT2D eigenvalue weighted by Gasteiger charge is -2.57. The zero-order valence-corrected chi connectivity index (χ0v) is 31.9. The third-order valence-corrected chi connectivity index (χ3v) is 13.4. The molecule has 1 spiro atoms. The van der Waals surface area contributed by atoms with E-state index in [1.165, 1.54) is 32.9 Å². The summed E-state index contributed by atoms with van der Waals surface area (Å²) in [6.45, 7) is 4.78. The molecule has 55 heavy (non-hydrogen) atoms. The van der Waals surface area contributed by atoms with E-state index < -0.39 is 41.0 Å². The Kier molecular flexibility index (Phi) is 8.01. The first-order valence-corrected chi connectivity index (χ1v) is 19.0. The molecule has 7 aliphatic rings. The monoisotopic (exact) mass is 775 g/mol. The summed E-state index contributed by atoms with van der Waals surface area (Å²) in [5.74, 6) is -0.0124. The number of aliphatic hydroxyl groups is 1. The van der Waals surface area contributed by atoms with Crippen LogP contribution in [0.5, 0.6) is 46.0 Å². The predicted octanol–water partition coefficient (Wildman–Crippen LogP) is 3.38. The Balaban J connectivity index is 1.38. The third kappa shape index (κ3) is 4.70. The molecule has 15 nitrogen and oxygen atoms in total. The Morgan fingerprint density at radius 1 is 1.02 bits per heavy atom. The SMILES string of the molecule is COc1cc2c(cc1O)CCN[C@]21CS[C@H]2C3=C4c5c(O)c(OC)c(C)c(O)c5C[C@@H]([C@H](O)N3[C@@H](COC1=O)c1c3c(c(C)c(OC(C)=O)c12)OCO3)N4C. The van der Waals surface area contributed by atoms with E-state index in [0.717, 1.165) is 5.56 Å². The molecule has 16 heteroatoms. The van der Waals surface area contributed by atoms with Gasteiger partial charge in [0.05, 0.1) is 48.5 Å². The van der Waals surface area contributed by atoms with Gasteiger partial charge in [-0.05, 0) is 43.5 Å². The van der Waals surface area contributed by atoms with Crippen molar-refractivity contribution in [2.24, 2.45) is 0 Å². The molecule has 0 saturated carbocycles. The summed E-state index contributed by atoms with van der Waals surface area (Å²) >= 11 is 1.35. The molecule has 10 rings (SSSR count). The van der Waals surface area contributed by atoms with Crippen molar-refractivity contribution in [2.45, 2.75) is 62.7 Å². The van der Waals surface area contributed by atoms with Crippen LogP contribution in [0.2, 0.25) is 0 Å². The number of phenolic OH excluding ortho intramolecular Hbond substituents is 3. The van der Waals surface area contributed by atoms with E-state index in [0.29, 0.717) is 74.8 Å². The van der Waals surface area contributed by atoms with E-state index in [-0.39, 0.29) is 60.1 Å². The second-order valence-electron chi connectivity index (χ2n) is 14.7. The van der Waals surface area contributed by atoms with Crippen molar-refractivity contribution in [1.29, 1.82) is 0 Å². The predicted molar refractivity (Wildman–Crippen MR) is 197 cm³/mol. The molecule has 3 aromatic carbocycles. The molecule has 3 aromatic rings. The number of likely N-dealkylation sites (N-methyl/N-ethyl adjacent to an activating group) is 1. The maximum Gasteiger partial charge on any atom is 0.331 e. The van der Waals surface area contributed by atoms with Gasteiger partial charge in [-0.25, -0.2) is 4.79 Å². The first-order chi connectivity index (χ1) is 26.3. The number of aromatic hydroxyl groups is 3. The van der Waals surface area contributed by atoms with Crippen LogP contribution in [0, 0.1) is 13.8 Å². The summed E-state index contributed by atoms with van der Waals surface area (Å²) in [4.78, 5) is 31.3. The number of rotatable bonds is 3. The fourth-order valence-electron chi connectivity index (χ4n) is 9.47. The van der Waals surface area contributed by atoms with Crippen LogP contribution in [0.4, 0.5) is 0 Å². The lowest BCUT2D eigenvalue weighted by molar-refractivity contribution is -0.156. The topological polar surface area (TPSA) is 189 Å². The highest BCUT2D eigenvalue weighted by atomic mass is 32.2. The van der Waals surface area contributed by atoms with Gasteiger partial charge in [0.2, 0.25) is 6.79 Å². The molecule has 1 saturated heterocycles. The third-order valence-electron chi connectivity index (χ3n) is 12.0. The molecule has 5 N–H and O–H groups in total. The Bertz CT molecular complexity index is 2260. The van der Waals surface area contributed by atoms with Gasteiger partial charge in [-0.1, -0.05) is 0 Å². The number of carbonyl (C=O) groups is 2. The Morgan fingerprint density at radius 2 is 1.78 bits per heavy atom. The second-order valence-corrected chi connectivity index (χ2v) is 15.7. The number of fused-ring (bicyclic) bond motifs is 9. The number of aliphatic hydroxyl groups excluding tert-OH is 1. The normalized spacial score (nSPS) is 25.8. The highest BCUT2D eigenvalue weighted by Gasteiger charge is 2.57. The number of thioether (sulfide) groups is 1. The van der Waals surface area contributed by atoms with E-state index in [9.17, 15) is 30.0 Å².